The van der Waals surface area contributed by atoms with E-state index >= 15 is 0 Å². The van der Waals surface area contributed by atoms with Gasteiger partial charge < -0.3 is 21.7 Å². The van der Waals surface area contributed by atoms with E-state index in [0.717, 1.165) is 5.56 Å². The maximum atomic E-state index is 11.8. The van der Waals surface area contributed by atoms with E-state index < -0.39 is 5.91 Å². The molecular formula is C14H21ClN4O3. The third-order valence-electron chi connectivity index (χ3n) is 2.68. The number of halogens is 1. The Morgan fingerprint density at radius 2 is 1.55 bits per heavy atom. The first kappa shape index (κ1) is 19.9. The molecule has 0 unspecified atom stereocenters. The molecule has 0 aliphatic heterocycles. The predicted octanol–water partition coefficient (Wildman–Crippen LogP) is -0.662. The second-order valence-corrected chi connectivity index (χ2v) is 4.45. The number of aryl methyl sites for hydroxylation is 1. The molecule has 0 bridgehead atoms. The van der Waals surface area contributed by atoms with Crippen LogP contribution in [0.25, 0.3) is 0 Å². The Bertz CT molecular complexity index is 505. The van der Waals surface area contributed by atoms with E-state index in [-0.39, 0.29) is 43.9 Å². The molecule has 0 aromatic heterocycles. The minimum atomic E-state index is -0.391. The highest BCUT2D eigenvalue weighted by Gasteiger charge is 2.05. The Morgan fingerprint density at radius 3 is 2.14 bits per heavy atom. The minimum Gasteiger partial charge on any atom is -0.353 e. The molecule has 0 saturated heterocycles. The summed E-state index contributed by atoms with van der Waals surface area (Å²) in [5.74, 6) is -0.917. The second-order valence-electron chi connectivity index (χ2n) is 4.45. The van der Waals surface area contributed by atoms with Crippen LogP contribution in [0.1, 0.15) is 15.9 Å². The molecular weight excluding hydrogens is 308 g/mol. The molecule has 5 N–H and O–H groups in total. The van der Waals surface area contributed by atoms with Gasteiger partial charge in [0.15, 0.2) is 0 Å². The van der Waals surface area contributed by atoms with Crippen molar-refractivity contribution in [2.75, 3.05) is 26.2 Å². The van der Waals surface area contributed by atoms with E-state index in [4.69, 9.17) is 5.73 Å². The maximum Gasteiger partial charge on any atom is 0.251 e. The van der Waals surface area contributed by atoms with E-state index in [2.05, 4.69) is 16.0 Å². The molecule has 0 atom stereocenters. The molecule has 1 aromatic carbocycles. The van der Waals surface area contributed by atoms with Gasteiger partial charge in [-0.15, -0.1) is 12.4 Å². The Labute approximate surface area is 135 Å². The lowest BCUT2D eigenvalue weighted by atomic mass is 10.1. The topological polar surface area (TPSA) is 113 Å². The van der Waals surface area contributed by atoms with Crippen LogP contribution in [0.5, 0.6) is 0 Å². The van der Waals surface area contributed by atoms with Gasteiger partial charge in [-0.25, -0.2) is 0 Å². The first-order chi connectivity index (χ1) is 10.0. The van der Waals surface area contributed by atoms with Gasteiger partial charge in [0.05, 0.1) is 13.1 Å². The van der Waals surface area contributed by atoms with Crippen LogP contribution in [0.4, 0.5) is 0 Å². The van der Waals surface area contributed by atoms with Gasteiger partial charge in [-0.05, 0) is 19.1 Å². The van der Waals surface area contributed by atoms with Gasteiger partial charge in [-0.1, -0.05) is 17.7 Å². The van der Waals surface area contributed by atoms with Crippen molar-refractivity contribution in [1.82, 2.24) is 16.0 Å². The van der Waals surface area contributed by atoms with Crippen LogP contribution in [0.3, 0.4) is 0 Å². The molecule has 0 aliphatic carbocycles. The highest BCUT2D eigenvalue weighted by Crippen LogP contribution is 2.02. The van der Waals surface area contributed by atoms with Gasteiger partial charge >= 0.3 is 0 Å². The summed E-state index contributed by atoms with van der Waals surface area (Å²) in [7, 11) is 0. The average molecular weight is 329 g/mol. The van der Waals surface area contributed by atoms with E-state index in [1.807, 2.05) is 19.1 Å². The number of amides is 3. The van der Waals surface area contributed by atoms with Crippen molar-refractivity contribution in [3.8, 4) is 0 Å². The smallest absolute Gasteiger partial charge is 0.251 e. The summed E-state index contributed by atoms with van der Waals surface area (Å²) < 4.78 is 0. The zero-order chi connectivity index (χ0) is 15.7. The van der Waals surface area contributed by atoms with Crippen molar-refractivity contribution in [1.29, 1.82) is 0 Å². The lowest BCUT2D eigenvalue weighted by Crippen LogP contribution is -2.41. The number of hydrogen-bond acceptors (Lipinski definition) is 4. The molecule has 0 radical (unpaired) electrons. The van der Waals surface area contributed by atoms with Crippen molar-refractivity contribution in [3.05, 3.63) is 35.4 Å². The molecule has 122 valence electrons. The maximum absolute atomic E-state index is 11.8. The molecule has 0 fully saturated rings. The molecule has 3 amide bonds. The third-order valence-corrected chi connectivity index (χ3v) is 2.68. The van der Waals surface area contributed by atoms with Crippen molar-refractivity contribution >= 4 is 30.1 Å². The summed E-state index contributed by atoms with van der Waals surface area (Å²) in [4.78, 5) is 33.9. The van der Waals surface area contributed by atoms with Crippen LogP contribution in [-0.4, -0.2) is 43.9 Å². The lowest BCUT2D eigenvalue weighted by Gasteiger charge is -2.08. The van der Waals surface area contributed by atoms with Crippen LogP contribution in [0, 0.1) is 6.92 Å². The molecule has 0 saturated carbocycles. The normalized spacial score (nSPS) is 9.36. The van der Waals surface area contributed by atoms with Gasteiger partial charge in [0, 0.05) is 18.7 Å². The molecule has 1 aromatic rings. The SMILES string of the molecule is Cc1ccc(C(=O)NCCNC(=O)CNC(=O)CN)cc1.Cl. The van der Waals surface area contributed by atoms with Gasteiger partial charge in [0.1, 0.15) is 0 Å². The second kappa shape index (κ2) is 10.6. The Kier molecular flexibility index (Phi) is 9.56. The van der Waals surface area contributed by atoms with Crippen LogP contribution >= 0.6 is 12.4 Å². The van der Waals surface area contributed by atoms with Crippen LogP contribution < -0.4 is 21.7 Å². The number of nitrogens with two attached hydrogens (primary N) is 1. The summed E-state index contributed by atoms with van der Waals surface area (Å²) in [5, 5.41) is 7.61. The van der Waals surface area contributed by atoms with Gasteiger partial charge in [0.2, 0.25) is 11.8 Å². The highest BCUT2D eigenvalue weighted by atomic mass is 35.5. The zero-order valence-electron chi connectivity index (χ0n) is 12.3. The summed E-state index contributed by atoms with van der Waals surface area (Å²) in [6.45, 7) is 2.26. The summed E-state index contributed by atoms with van der Waals surface area (Å²) in [6, 6.07) is 7.20. The van der Waals surface area contributed by atoms with E-state index in [1.54, 1.807) is 12.1 Å². The summed E-state index contributed by atoms with van der Waals surface area (Å²) in [6.07, 6.45) is 0. The number of hydrogen-bond donors (Lipinski definition) is 4. The quantitative estimate of drug-likeness (QED) is 0.497. The first-order valence-electron chi connectivity index (χ1n) is 6.61. The van der Waals surface area contributed by atoms with Crippen molar-refractivity contribution in [3.63, 3.8) is 0 Å². The number of carbonyl (C=O) groups is 3. The molecule has 1 rings (SSSR count). The fourth-order valence-electron chi connectivity index (χ4n) is 1.50. The molecule has 8 heteroatoms. The zero-order valence-corrected chi connectivity index (χ0v) is 13.2. The van der Waals surface area contributed by atoms with Gasteiger partial charge in [0.25, 0.3) is 5.91 Å². The standard InChI is InChI=1S/C14H20N4O3.ClH/c1-10-2-4-11(5-3-10)14(21)17-7-6-16-13(20)9-18-12(19)8-15;/h2-5H,6-9,15H2,1H3,(H,16,20)(H,17,21)(H,18,19);1H. The van der Waals surface area contributed by atoms with Crippen molar-refractivity contribution < 1.29 is 14.4 Å². The van der Waals surface area contributed by atoms with Crippen molar-refractivity contribution in [2.45, 2.75) is 6.92 Å². The summed E-state index contributed by atoms with van der Waals surface area (Å²) >= 11 is 0. The Hall–Kier alpha value is -2.12. The van der Waals surface area contributed by atoms with Crippen LogP contribution in [0.2, 0.25) is 0 Å². The van der Waals surface area contributed by atoms with E-state index in [9.17, 15) is 14.4 Å². The van der Waals surface area contributed by atoms with Crippen molar-refractivity contribution in [2.24, 2.45) is 5.73 Å². The minimum absolute atomic E-state index is 0. The van der Waals surface area contributed by atoms with Gasteiger partial charge in [-0.3, -0.25) is 14.4 Å². The molecule has 0 spiro atoms. The fraction of sp³-hybridized carbons (Fsp3) is 0.357. The van der Waals surface area contributed by atoms with Crippen LogP contribution in [0.15, 0.2) is 24.3 Å². The van der Waals surface area contributed by atoms with E-state index in [0.29, 0.717) is 12.1 Å². The highest BCUT2D eigenvalue weighted by molar-refractivity contribution is 5.94. The fourth-order valence-corrected chi connectivity index (χ4v) is 1.50. The number of carbonyl (C=O) groups excluding carboxylic acids is 3. The van der Waals surface area contributed by atoms with E-state index in [1.165, 1.54) is 0 Å². The average Bonchev–Trinajstić information content (AvgIpc) is 2.49. The molecule has 0 aliphatic rings. The van der Waals surface area contributed by atoms with Gasteiger partial charge in [-0.2, -0.15) is 0 Å². The first-order valence-corrected chi connectivity index (χ1v) is 6.61. The number of rotatable bonds is 7. The Balaban J connectivity index is 0.00000441. The monoisotopic (exact) mass is 328 g/mol. The predicted molar refractivity (Wildman–Crippen MR) is 85.8 cm³/mol. The molecule has 7 nitrogen and oxygen atoms in total. The largest absolute Gasteiger partial charge is 0.353 e. The lowest BCUT2D eigenvalue weighted by molar-refractivity contribution is -0.125. The summed E-state index contributed by atoms with van der Waals surface area (Å²) in [5.41, 5.74) is 6.74. The van der Waals surface area contributed by atoms with Crippen LogP contribution in [-0.2, 0) is 9.59 Å². The Morgan fingerprint density at radius 1 is 0.955 bits per heavy atom. The molecule has 22 heavy (non-hydrogen) atoms. The number of benzene rings is 1. The number of nitrogens with one attached hydrogen (secondary N) is 3. The third kappa shape index (κ3) is 7.61. The molecule has 0 heterocycles.